The van der Waals surface area contributed by atoms with Crippen LogP contribution in [0.1, 0.15) is 16.8 Å². The van der Waals surface area contributed by atoms with Crippen LogP contribution in [0.5, 0.6) is 0 Å². The molecule has 0 aliphatic heterocycles. The zero-order chi connectivity index (χ0) is 9.84. The van der Waals surface area contributed by atoms with Gasteiger partial charge in [-0.1, -0.05) is 22.0 Å². The molecule has 0 atom stereocenters. The fourth-order valence-electron chi connectivity index (χ4n) is 1.00. The van der Waals surface area contributed by atoms with E-state index in [9.17, 15) is 4.79 Å². The second kappa shape index (κ2) is 4.77. The van der Waals surface area contributed by atoms with Crippen LogP contribution in [0.25, 0.3) is 0 Å². The molecule has 0 saturated carbocycles. The lowest BCUT2D eigenvalue weighted by Crippen LogP contribution is -2.04. The minimum Gasteiger partial charge on any atom is -0.397 e. The van der Waals surface area contributed by atoms with Gasteiger partial charge in [0.25, 0.3) is 0 Å². The predicted molar refractivity (Wildman–Crippen MR) is 61.3 cm³/mol. The van der Waals surface area contributed by atoms with Crippen LogP contribution in [0.15, 0.2) is 22.7 Å². The largest absolute Gasteiger partial charge is 0.397 e. The second-order valence-electron chi connectivity index (χ2n) is 2.56. The lowest BCUT2D eigenvalue weighted by atomic mass is 10.1. The molecule has 0 bridgehead atoms. The van der Waals surface area contributed by atoms with Crippen LogP contribution < -0.4 is 5.73 Å². The molecule has 0 amide bonds. The number of halogens is 2. The van der Waals surface area contributed by atoms with Crippen molar-refractivity contribution in [1.29, 1.82) is 0 Å². The molecule has 70 valence electrons. The summed E-state index contributed by atoms with van der Waals surface area (Å²) in [6.07, 6.45) is 0.473. The molecule has 0 radical (unpaired) electrons. The number of para-hydroxylation sites is 1. The van der Waals surface area contributed by atoms with Crippen LogP contribution in [0.3, 0.4) is 0 Å². The minimum absolute atomic E-state index is 0.0654. The number of alkyl halides is 1. The average Bonchev–Trinajstić information content (AvgIpc) is 2.10. The van der Waals surface area contributed by atoms with E-state index in [-0.39, 0.29) is 5.78 Å². The van der Waals surface area contributed by atoms with Crippen molar-refractivity contribution < 1.29 is 4.79 Å². The summed E-state index contributed by atoms with van der Waals surface area (Å²) < 4.78 is 0.771. The van der Waals surface area contributed by atoms with Crippen molar-refractivity contribution in [3.05, 3.63) is 28.2 Å². The maximum atomic E-state index is 11.5. The van der Waals surface area contributed by atoms with Crippen LogP contribution in [0.4, 0.5) is 5.69 Å². The molecule has 13 heavy (non-hydrogen) atoms. The van der Waals surface area contributed by atoms with E-state index in [2.05, 4.69) is 31.9 Å². The molecule has 4 heteroatoms. The van der Waals surface area contributed by atoms with Gasteiger partial charge in [0, 0.05) is 21.8 Å². The third-order valence-electron chi connectivity index (χ3n) is 1.67. The monoisotopic (exact) mass is 305 g/mol. The van der Waals surface area contributed by atoms with E-state index in [1.54, 1.807) is 6.07 Å². The Hall–Kier alpha value is -0.350. The van der Waals surface area contributed by atoms with Gasteiger partial charge in [0.15, 0.2) is 5.78 Å². The summed E-state index contributed by atoms with van der Waals surface area (Å²) in [6.45, 7) is 0. The Labute approximate surface area is 93.8 Å². The van der Waals surface area contributed by atoms with Crippen LogP contribution >= 0.6 is 31.9 Å². The standard InChI is InChI=1S/C9H9Br2NO/c10-5-4-8(13)6-2-1-3-7(11)9(6)12/h1-3H,4-5,12H2. The number of carbonyl (C=O) groups is 1. The minimum atomic E-state index is 0.0654. The third kappa shape index (κ3) is 2.54. The van der Waals surface area contributed by atoms with E-state index in [0.29, 0.717) is 23.0 Å². The number of ketones is 1. The van der Waals surface area contributed by atoms with E-state index in [0.717, 1.165) is 4.47 Å². The average molecular weight is 307 g/mol. The van der Waals surface area contributed by atoms with E-state index in [1.165, 1.54) is 0 Å². The normalized spacial score (nSPS) is 10.0. The van der Waals surface area contributed by atoms with Crippen molar-refractivity contribution in [1.82, 2.24) is 0 Å². The number of nitrogens with two attached hydrogens (primary N) is 1. The summed E-state index contributed by atoms with van der Waals surface area (Å²) >= 11 is 6.49. The number of anilines is 1. The highest BCUT2D eigenvalue weighted by Crippen LogP contribution is 2.23. The SMILES string of the molecule is Nc1c(Br)cccc1C(=O)CCBr. The first-order chi connectivity index (χ1) is 6.16. The van der Waals surface area contributed by atoms with Gasteiger partial charge in [-0.25, -0.2) is 0 Å². The second-order valence-corrected chi connectivity index (χ2v) is 4.21. The summed E-state index contributed by atoms with van der Waals surface area (Å²) in [5, 5.41) is 0.664. The zero-order valence-electron chi connectivity index (χ0n) is 6.89. The number of carbonyl (C=O) groups excluding carboxylic acids is 1. The summed E-state index contributed by atoms with van der Waals surface area (Å²) in [5.74, 6) is 0.0654. The molecule has 1 aromatic carbocycles. The molecule has 0 aliphatic rings. The molecular weight excluding hydrogens is 298 g/mol. The zero-order valence-corrected chi connectivity index (χ0v) is 10.1. The van der Waals surface area contributed by atoms with Gasteiger partial charge in [-0.15, -0.1) is 0 Å². The molecule has 0 aromatic heterocycles. The summed E-state index contributed by atoms with van der Waals surface area (Å²) in [6, 6.07) is 5.37. The number of hydrogen-bond acceptors (Lipinski definition) is 2. The van der Waals surface area contributed by atoms with E-state index < -0.39 is 0 Å². The van der Waals surface area contributed by atoms with Gasteiger partial charge in [-0.2, -0.15) is 0 Å². The van der Waals surface area contributed by atoms with Crippen molar-refractivity contribution in [3.8, 4) is 0 Å². The molecule has 0 heterocycles. The van der Waals surface area contributed by atoms with Gasteiger partial charge in [0.1, 0.15) is 0 Å². The Morgan fingerprint density at radius 2 is 2.15 bits per heavy atom. The lowest BCUT2D eigenvalue weighted by Gasteiger charge is -2.04. The number of hydrogen-bond donors (Lipinski definition) is 1. The molecule has 0 unspecified atom stereocenters. The molecular formula is C9H9Br2NO. The summed E-state index contributed by atoms with van der Waals surface area (Å²) in [7, 11) is 0. The van der Waals surface area contributed by atoms with E-state index >= 15 is 0 Å². The van der Waals surface area contributed by atoms with E-state index in [1.807, 2.05) is 12.1 Å². The van der Waals surface area contributed by atoms with Crippen molar-refractivity contribution in [2.75, 3.05) is 11.1 Å². The fraction of sp³-hybridized carbons (Fsp3) is 0.222. The van der Waals surface area contributed by atoms with Crippen LogP contribution in [-0.4, -0.2) is 11.1 Å². The highest BCUT2D eigenvalue weighted by molar-refractivity contribution is 9.10. The van der Waals surface area contributed by atoms with Crippen LogP contribution in [-0.2, 0) is 0 Å². The van der Waals surface area contributed by atoms with Crippen molar-refractivity contribution in [2.24, 2.45) is 0 Å². The first kappa shape index (κ1) is 10.7. The quantitative estimate of drug-likeness (QED) is 0.530. The molecule has 0 aliphatic carbocycles. The summed E-state index contributed by atoms with van der Waals surface area (Å²) in [4.78, 5) is 11.5. The Balaban J connectivity index is 3.01. The van der Waals surface area contributed by atoms with Crippen molar-refractivity contribution >= 4 is 43.3 Å². The van der Waals surface area contributed by atoms with E-state index in [4.69, 9.17) is 5.73 Å². The first-order valence-corrected chi connectivity index (χ1v) is 5.71. The Bertz CT molecular complexity index is 325. The van der Waals surface area contributed by atoms with Gasteiger partial charge >= 0.3 is 0 Å². The molecule has 2 N–H and O–H groups in total. The Kier molecular flexibility index (Phi) is 3.93. The van der Waals surface area contributed by atoms with Crippen LogP contribution in [0, 0.1) is 0 Å². The van der Waals surface area contributed by atoms with Gasteiger partial charge < -0.3 is 5.73 Å². The first-order valence-electron chi connectivity index (χ1n) is 3.80. The molecule has 0 saturated heterocycles. The molecule has 2 nitrogen and oxygen atoms in total. The topological polar surface area (TPSA) is 43.1 Å². The predicted octanol–water partition coefficient (Wildman–Crippen LogP) is 3.00. The van der Waals surface area contributed by atoms with Crippen molar-refractivity contribution in [3.63, 3.8) is 0 Å². The third-order valence-corrected chi connectivity index (χ3v) is 2.76. The fourth-order valence-corrected chi connectivity index (χ4v) is 1.73. The Morgan fingerprint density at radius 1 is 1.46 bits per heavy atom. The summed E-state index contributed by atoms with van der Waals surface area (Å²) in [5.41, 5.74) is 6.84. The molecule has 1 rings (SSSR count). The molecule has 0 spiro atoms. The smallest absolute Gasteiger partial charge is 0.165 e. The highest BCUT2D eigenvalue weighted by Gasteiger charge is 2.09. The number of rotatable bonds is 3. The lowest BCUT2D eigenvalue weighted by molar-refractivity contribution is 0.0990. The number of benzene rings is 1. The van der Waals surface area contributed by atoms with Gasteiger partial charge in [-0.3, -0.25) is 4.79 Å². The van der Waals surface area contributed by atoms with Crippen molar-refractivity contribution in [2.45, 2.75) is 6.42 Å². The Morgan fingerprint density at radius 3 is 2.77 bits per heavy atom. The van der Waals surface area contributed by atoms with Gasteiger partial charge in [0.2, 0.25) is 0 Å². The number of Topliss-reactive ketones (excluding diaryl/α,β-unsaturated/α-hetero) is 1. The van der Waals surface area contributed by atoms with Gasteiger partial charge in [0.05, 0.1) is 5.69 Å². The maximum absolute atomic E-state index is 11.5. The molecule has 1 aromatic rings. The highest BCUT2D eigenvalue weighted by atomic mass is 79.9. The maximum Gasteiger partial charge on any atom is 0.165 e. The van der Waals surface area contributed by atoms with Gasteiger partial charge in [-0.05, 0) is 28.1 Å². The van der Waals surface area contributed by atoms with Crippen LogP contribution in [0.2, 0.25) is 0 Å². The number of nitrogen functional groups attached to an aromatic ring is 1. The molecule has 0 fully saturated rings.